The number of rotatable bonds is 6. The number of hydrogen-bond donors (Lipinski definition) is 0. The first-order valence-corrected chi connectivity index (χ1v) is 7.81. The molecule has 0 N–H and O–H groups in total. The van der Waals surface area contributed by atoms with Crippen molar-refractivity contribution in [3.05, 3.63) is 72.8 Å². The summed E-state index contributed by atoms with van der Waals surface area (Å²) in [5.74, 6) is 0. The van der Waals surface area contributed by atoms with Crippen LogP contribution < -0.4 is 9.80 Å². The van der Waals surface area contributed by atoms with E-state index in [9.17, 15) is 0 Å². The van der Waals surface area contributed by atoms with Crippen LogP contribution in [0.2, 0.25) is 6.04 Å². The number of benzene rings is 2. The summed E-state index contributed by atoms with van der Waals surface area (Å²) >= 11 is 0. The van der Waals surface area contributed by atoms with Crippen molar-refractivity contribution < 1.29 is 0 Å². The van der Waals surface area contributed by atoms with E-state index in [0.717, 1.165) is 6.04 Å². The second-order valence-electron chi connectivity index (χ2n) is 4.94. The molecule has 0 aliphatic rings. The van der Waals surface area contributed by atoms with Crippen molar-refractivity contribution >= 4 is 21.6 Å². The Bertz CT molecular complexity index is 508. The molecule has 2 aromatic rings. The third kappa shape index (κ3) is 3.98. The van der Waals surface area contributed by atoms with E-state index in [1.807, 2.05) is 12.1 Å². The van der Waals surface area contributed by atoms with Gasteiger partial charge in [0.05, 0.1) is 0 Å². The van der Waals surface area contributed by atoms with Gasteiger partial charge in [0, 0.05) is 35.7 Å². The zero-order valence-corrected chi connectivity index (χ0v) is 13.6. The molecular weight excluding hydrogens is 272 g/mol. The Morgan fingerprint density at radius 3 is 1.67 bits per heavy atom. The van der Waals surface area contributed by atoms with Crippen LogP contribution in [0.15, 0.2) is 72.8 Å². The molecule has 0 bridgehead atoms. The highest BCUT2D eigenvalue weighted by molar-refractivity contribution is 6.09. The van der Waals surface area contributed by atoms with Crippen LogP contribution in [0.3, 0.4) is 0 Å². The first-order chi connectivity index (χ1) is 10.2. The van der Waals surface area contributed by atoms with Gasteiger partial charge in [-0.3, -0.25) is 0 Å². The summed E-state index contributed by atoms with van der Waals surface area (Å²) in [6.07, 6.45) is 4.51. The van der Waals surface area contributed by atoms with Gasteiger partial charge in [0.25, 0.3) is 0 Å². The lowest BCUT2D eigenvalue weighted by Gasteiger charge is -2.36. The molecule has 0 heterocycles. The molecule has 2 aromatic carbocycles. The Morgan fingerprint density at radius 1 is 0.857 bits per heavy atom. The molecule has 0 aliphatic heterocycles. The van der Waals surface area contributed by atoms with E-state index in [4.69, 9.17) is 0 Å². The van der Waals surface area contributed by atoms with Crippen LogP contribution in [0.25, 0.3) is 0 Å². The monoisotopic (exact) mass is 293 g/mol. The Balaban J connectivity index is 2.28. The van der Waals surface area contributed by atoms with Gasteiger partial charge in [-0.1, -0.05) is 42.5 Å². The summed E-state index contributed by atoms with van der Waals surface area (Å²) in [4.78, 5) is 4.54. The van der Waals surface area contributed by atoms with E-state index in [-0.39, 0.29) is 6.17 Å². The van der Waals surface area contributed by atoms with Crippen LogP contribution in [0.4, 0.5) is 11.4 Å². The fraction of sp³-hybridized carbons (Fsp3) is 0.222. The Morgan fingerprint density at radius 2 is 1.29 bits per heavy atom. The molecule has 0 aromatic heterocycles. The zero-order valence-electron chi connectivity index (χ0n) is 12.6. The van der Waals surface area contributed by atoms with Gasteiger partial charge in [0.2, 0.25) is 0 Å². The van der Waals surface area contributed by atoms with Crippen LogP contribution >= 0.6 is 0 Å². The van der Waals surface area contributed by atoms with E-state index in [2.05, 4.69) is 94.8 Å². The van der Waals surface area contributed by atoms with Gasteiger partial charge in [-0.2, -0.15) is 0 Å². The second-order valence-corrected chi connectivity index (χ2v) is 5.35. The molecule has 0 saturated heterocycles. The maximum atomic E-state index is 3.51. The highest BCUT2D eigenvalue weighted by Crippen LogP contribution is 2.21. The van der Waals surface area contributed by atoms with Crippen molar-refractivity contribution in [2.24, 2.45) is 0 Å². The van der Waals surface area contributed by atoms with E-state index >= 15 is 0 Å². The van der Waals surface area contributed by atoms with Crippen molar-refractivity contribution in [3.63, 3.8) is 0 Å². The third-order valence-electron chi connectivity index (χ3n) is 3.55. The summed E-state index contributed by atoms with van der Waals surface area (Å²) in [5, 5.41) is 0. The predicted octanol–water partition coefficient (Wildman–Crippen LogP) is 3.73. The molecule has 0 saturated carbocycles. The minimum atomic E-state index is 0.158. The van der Waals surface area contributed by atoms with Crippen LogP contribution in [0.1, 0.15) is 0 Å². The molecule has 2 nitrogen and oxygen atoms in total. The van der Waals surface area contributed by atoms with Crippen molar-refractivity contribution in [3.8, 4) is 0 Å². The summed E-state index contributed by atoms with van der Waals surface area (Å²) in [6.45, 7) is 0. The molecule has 21 heavy (non-hydrogen) atoms. The topological polar surface area (TPSA) is 6.48 Å². The molecule has 0 fully saturated rings. The van der Waals surface area contributed by atoms with Gasteiger partial charge in [-0.15, -0.1) is 0 Å². The van der Waals surface area contributed by atoms with Gasteiger partial charge >= 0.3 is 0 Å². The first-order valence-electron chi connectivity index (χ1n) is 7.11. The number of allylic oxidation sites excluding steroid dienone is 1. The molecule has 2 rings (SSSR count). The van der Waals surface area contributed by atoms with E-state index in [1.165, 1.54) is 11.4 Å². The number of nitrogens with zero attached hydrogens (tertiary/aromatic N) is 2. The normalized spacial score (nSPS) is 11.0. The highest BCUT2D eigenvalue weighted by Gasteiger charge is 2.17. The largest absolute Gasteiger partial charge is 0.351 e. The molecule has 3 radical (unpaired) electrons. The maximum Gasteiger partial charge on any atom is 0.120 e. The number of para-hydroxylation sites is 2. The minimum Gasteiger partial charge on any atom is -0.351 e. The Hall–Kier alpha value is -2.00. The second kappa shape index (κ2) is 7.69. The summed E-state index contributed by atoms with van der Waals surface area (Å²) < 4.78 is 0. The average Bonchev–Trinajstić information content (AvgIpc) is 2.56. The van der Waals surface area contributed by atoms with Crippen LogP contribution in [-0.4, -0.2) is 30.5 Å². The standard InChI is InChI=1S/C18H21N2Si/c1-19(16-10-5-3-6-11-16)18(14-9-15-21)20(2)17-12-7-4-8-13-17/h3-14,18H,15H2,1-2H3. The predicted molar refractivity (Wildman–Crippen MR) is 93.2 cm³/mol. The number of likely N-dealkylation sites (N-methyl/N-ethyl adjacent to an activating group) is 2. The van der Waals surface area contributed by atoms with Crippen LogP contribution in [0, 0.1) is 0 Å². The molecule has 0 amide bonds. The van der Waals surface area contributed by atoms with Crippen LogP contribution in [-0.2, 0) is 0 Å². The van der Waals surface area contributed by atoms with Gasteiger partial charge in [-0.05, 0) is 36.4 Å². The lowest BCUT2D eigenvalue weighted by atomic mass is 10.2. The Kier molecular flexibility index (Phi) is 5.64. The highest BCUT2D eigenvalue weighted by atomic mass is 28.1. The lowest BCUT2D eigenvalue weighted by molar-refractivity contribution is 0.727. The van der Waals surface area contributed by atoms with Crippen molar-refractivity contribution in [2.45, 2.75) is 12.2 Å². The average molecular weight is 293 g/mol. The number of hydrogen-bond acceptors (Lipinski definition) is 2. The number of anilines is 2. The first kappa shape index (κ1) is 15.4. The molecule has 0 aliphatic carbocycles. The fourth-order valence-electron chi connectivity index (χ4n) is 2.34. The smallest absolute Gasteiger partial charge is 0.120 e. The van der Waals surface area contributed by atoms with E-state index in [0.29, 0.717) is 0 Å². The summed E-state index contributed by atoms with van der Waals surface area (Å²) in [6, 6.07) is 21.7. The SMILES string of the molecule is CN(c1ccccc1)C(C=CC[Si])N(C)c1ccccc1. The fourth-order valence-corrected chi connectivity index (χ4v) is 2.48. The molecule has 0 atom stereocenters. The summed E-state index contributed by atoms with van der Waals surface area (Å²) in [5.41, 5.74) is 2.40. The van der Waals surface area contributed by atoms with Gasteiger partial charge in [0.15, 0.2) is 0 Å². The zero-order chi connectivity index (χ0) is 15.1. The molecule has 107 valence electrons. The van der Waals surface area contributed by atoms with Gasteiger partial charge < -0.3 is 9.80 Å². The third-order valence-corrected chi connectivity index (χ3v) is 3.78. The summed E-state index contributed by atoms with van der Waals surface area (Å²) in [7, 11) is 7.76. The molecule has 3 heteroatoms. The van der Waals surface area contributed by atoms with Crippen molar-refractivity contribution in [1.82, 2.24) is 0 Å². The molecule has 0 unspecified atom stereocenters. The van der Waals surface area contributed by atoms with Gasteiger partial charge in [-0.25, -0.2) is 0 Å². The molecular formula is C18H21N2Si. The molecule has 0 spiro atoms. The Labute approximate surface area is 131 Å². The van der Waals surface area contributed by atoms with Gasteiger partial charge in [0.1, 0.15) is 6.17 Å². The van der Waals surface area contributed by atoms with Crippen LogP contribution in [0.5, 0.6) is 0 Å². The van der Waals surface area contributed by atoms with E-state index in [1.54, 1.807) is 0 Å². The maximum absolute atomic E-state index is 3.51. The lowest BCUT2D eigenvalue weighted by Crippen LogP contribution is -2.43. The van der Waals surface area contributed by atoms with E-state index < -0.39 is 0 Å². The minimum absolute atomic E-state index is 0.158. The van der Waals surface area contributed by atoms with Crippen molar-refractivity contribution in [1.29, 1.82) is 0 Å². The quantitative estimate of drug-likeness (QED) is 0.455. The van der Waals surface area contributed by atoms with Crippen molar-refractivity contribution in [2.75, 3.05) is 23.9 Å².